The van der Waals surface area contributed by atoms with Gasteiger partial charge in [-0.2, -0.15) is 0 Å². The molecule has 0 radical (unpaired) electrons. The molecule has 0 N–H and O–H groups in total. The first kappa shape index (κ1) is 22.5. The highest BCUT2D eigenvalue weighted by molar-refractivity contribution is 5.48. The highest BCUT2D eigenvalue weighted by Crippen LogP contribution is 2.28. The van der Waals surface area contributed by atoms with Crippen LogP contribution < -0.4 is 0 Å². The van der Waals surface area contributed by atoms with Crippen LogP contribution in [0.1, 0.15) is 84.1 Å². The smallest absolute Gasteiger partial charge is 0.0824 e. The van der Waals surface area contributed by atoms with Gasteiger partial charge in [-0.15, -0.1) is 0 Å². The molecule has 2 heterocycles. The summed E-state index contributed by atoms with van der Waals surface area (Å²) in [4.78, 5) is 0. The molecule has 0 aliphatic carbocycles. The van der Waals surface area contributed by atoms with E-state index in [9.17, 15) is 0 Å². The summed E-state index contributed by atoms with van der Waals surface area (Å²) in [6.45, 7) is 1.74. The van der Waals surface area contributed by atoms with Gasteiger partial charge in [0.25, 0.3) is 0 Å². The van der Waals surface area contributed by atoms with Gasteiger partial charge in [0.15, 0.2) is 0 Å². The van der Waals surface area contributed by atoms with Gasteiger partial charge in [-0.05, 0) is 98.2 Å². The normalized spacial score (nSPS) is 19.9. The van der Waals surface area contributed by atoms with Crippen LogP contribution in [0.5, 0.6) is 0 Å². The average Bonchev–Trinajstić information content (AvgIpc) is 2.93. The lowest BCUT2D eigenvalue weighted by atomic mass is 10.0. The molecule has 3 aromatic carbocycles. The molecule has 0 spiro atoms. The summed E-state index contributed by atoms with van der Waals surface area (Å²) in [7, 11) is 0. The lowest BCUT2D eigenvalue weighted by Gasteiger charge is -2.22. The minimum absolute atomic E-state index is 0.244. The van der Waals surface area contributed by atoms with Crippen LogP contribution in [0.4, 0.5) is 0 Å². The van der Waals surface area contributed by atoms with Gasteiger partial charge in [0.1, 0.15) is 0 Å². The Morgan fingerprint density at radius 3 is 1.06 bits per heavy atom. The summed E-state index contributed by atoms with van der Waals surface area (Å²) in [6.07, 6.45) is 7.55. The molecule has 2 saturated heterocycles. The molecule has 0 amide bonds. The predicted molar refractivity (Wildman–Crippen MR) is 136 cm³/mol. The molecule has 3 aromatic rings. The van der Waals surface area contributed by atoms with Gasteiger partial charge in [-0.1, -0.05) is 47.9 Å². The van der Waals surface area contributed by atoms with Crippen molar-refractivity contribution in [3.8, 4) is 23.7 Å². The third-order valence-corrected chi connectivity index (χ3v) is 6.51. The van der Waals surface area contributed by atoms with Crippen LogP contribution in [-0.4, -0.2) is 13.2 Å². The molecule has 0 bridgehead atoms. The van der Waals surface area contributed by atoms with Crippen molar-refractivity contribution in [2.24, 2.45) is 0 Å². The molecule has 2 nitrogen and oxygen atoms in total. The molecule has 34 heavy (non-hydrogen) atoms. The number of hydrogen-bond donors (Lipinski definition) is 0. The van der Waals surface area contributed by atoms with Crippen molar-refractivity contribution in [3.63, 3.8) is 0 Å². The second kappa shape index (κ2) is 11.2. The quantitative estimate of drug-likeness (QED) is 0.396. The maximum atomic E-state index is 5.87. The SMILES string of the molecule is C(#Cc1ccc(C2CCCCO2)cc1)c1ccc(C#Cc2ccc(C3CCCCO3)cc2)cc1. The zero-order valence-corrected chi connectivity index (χ0v) is 19.6. The Labute approximate surface area is 203 Å². The van der Waals surface area contributed by atoms with E-state index in [1.54, 1.807) is 0 Å². The second-order valence-corrected chi connectivity index (χ2v) is 9.03. The van der Waals surface area contributed by atoms with E-state index in [-0.39, 0.29) is 12.2 Å². The Balaban J connectivity index is 1.19. The summed E-state index contributed by atoms with van der Waals surface area (Å²) in [5.41, 5.74) is 6.52. The zero-order valence-electron chi connectivity index (χ0n) is 19.6. The van der Waals surface area contributed by atoms with Crippen molar-refractivity contribution >= 4 is 0 Å². The van der Waals surface area contributed by atoms with E-state index in [4.69, 9.17) is 9.47 Å². The number of benzene rings is 3. The van der Waals surface area contributed by atoms with E-state index >= 15 is 0 Å². The minimum Gasteiger partial charge on any atom is -0.374 e. The lowest BCUT2D eigenvalue weighted by molar-refractivity contribution is 0.0148. The molecule has 2 heteroatoms. The monoisotopic (exact) mass is 446 g/mol. The van der Waals surface area contributed by atoms with E-state index in [1.807, 2.05) is 24.3 Å². The van der Waals surface area contributed by atoms with Crippen LogP contribution in [0.25, 0.3) is 0 Å². The molecule has 0 saturated carbocycles. The highest BCUT2D eigenvalue weighted by Gasteiger charge is 2.16. The molecule has 5 rings (SSSR count). The molecule has 2 aliphatic heterocycles. The van der Waals surface area contributed by atoms with Crippen molar-refractivity contribution in [1.29, 1.82) is 0 Å². The first-order valence-corrected chi connectivity index (χ1v) is 12.4. The molecule has 2 unspecified atom stereocenters. The molecule has 2 fully saturated rings. The van der Waals surface area contributed by atoms with E-state index in [2.05, 4.69) is 72.2 Å². The predicted octanol–water partition coefficient (Wildman–Crippen LogP) is 6.97. The lowest BCUT2D eigenvalue weighted by Crippen LogP contribution is -2.11. The second-order valence-electron chi connectivity index (χ2n) is 9.03. The van der Waals surface area contributed by atoms with Crippen LogP contribution in [0.3, 0.4) is 0 Å². The highest BCUT2D eigenvalue weighted by atomic mass is 16.5. The van der Waals surface area contributed by atoms with Gasteiger partial charge in [0.2, 0.25) is 0 Å². The molecular formula is C32H30O2. The van der Waals surface area contributed by atoms with Gasteiger partial charge in [-0.3, -0.25) is 0 Å². The molecular weight excluding hydrogens is 416 g/mol. The largest absolute Gasteiger partial charge is 0.374 e. The summed E-state index contributed by atoms with van der Waals surface area (Å²) in [6, 6.07) is 25.1. The molecule has 0 aromatic heterocycles. The van der Waals surface area contributed by atoms with Gasteiger partial charge >= 0.3 is 0 Å². The fourth-order valence-corrected chi connectivity index (χ4v) is 4.50. The third-order valence-electron chi connectivity index (χ3n) is 6.51. The van der Waals surface area contributed by atoms with E-state index in [0.717, 1.165) is 48.3 Å². The van der Waals surface area contributed by atoms with E-state index in [1.165, 1.54) is 36.8 Å². The minimum atomic E-state index is 0.244. The maximum absolute atomic E-state index is 5.87. The first-order chi connectivity index (χ1) is 16.8. The zero-order chi connectivity index (χ0) is 23.0. The Kier molecular flexibility index (Phi) is 7.42. The van der Waals surface area contributed by atoms with Crippen LogP contribution in [-0.2, 0) is 9.47 Å². The van der Waals surface area contributed by atoms with Crippen LogP contribution in [0, 0.1) is 23.7 Å². The Morgan fingerprint density at radius 2 is 0.765 bits per heavy atom. The van der Waals surface area contributed by atoms with Crippen LogP contribution >= 0.6 is 0 Å². The summed E-state index contributed by atoms with van der Waals surface area (Å²) in [5.74, 6) is 13.0. The van der Waals surface area contributed by atoms with Crippen molar-refractivity contribution in [3.05, 3.63) is 106 Å². The van der Waals surface area contributed by atoms with Gasteiger partial charge < -0.3 is 9.47 Å². The number of ether oxygens (including phenoxy) is 2. The van der Waals surface area contributed by atoms with E-state index in [0.29, 0.717) is 0 Å². The van der Waals surface area contributed by atoms with Gasteiger partial charge in [0.05, 0.1) is 12.2 Å². The standard InChI is InChI=1S/C32H30O2/c1-3-23-33-31(5-1)29-19-15-27(16-20-29)13-11-25-7-9-26(10-8-25)12-14-28-17-21-30(22-18-28)32-6-2-4-24-34-32/h7-10,15-22,31-32H,1-6,23-24H2. The Morgan fingerprint density at radius 1 is 0.441 bits per heavy atom. The number of rotatable bonds is 2. The van der Waals surface area contributed by atoms with Crippen molar-refractivity contribution in [2.75, 3.05) is 13.2 Å². The molecule has 170 valence electrons. The van der Waals surface area contributed by atoms with Crippen molar-refractivity contribution in [1.82, 2.24) is 0 Å². The summed E-state index contributed by atoms with van der Waals surface area (Å²) in [5, 5.41) is 0. The van der Waals surface area contributed by atoms with E-state index < -0.39 is 0 Å². The fourth-order valence-electron chi connectivity index (χ4n) is 4.50. The topological polar surface area (TPSA) is 18.5 Å². The van der Waals surface area contributed by atoms with Crippen LogP contribution in [0.15, 0.2) is 72.8 Å². The fraction of sp³-hybridized carbons (Fsp3) is 0.312. The molecule has 2 atom stereocenters. The molecule has 2 aliphatic rings. The third kappa shape index (κ3) is 5.98. The summed E-state index contributed by atoms with van der Waals surface area (Å²) < 4.78 is 11.7. The van der Waals surface area contributed by atoms with Crippen molar-refractivity contribution in [2.45, 2.75) is 50.7 Å². The summed E-state index contributed by atoms with van der Waals surface area (Å²) >= 11 is 0. The van der Waals surface area contributed by atoms with Gasteiger partial charge in [0, 0.05) is 35.5 Å². The average molecular weight is 447 g/mol. The van der Waals surface area contributed by atoms with Crippen molar-refractivity contribution < 1.29 is 9.47 Å². The maximum Gasteiger partial charge on any atom is 0.0824 e. The van der Waals surface area contributed by atoms with Gasteiger partial charge in [-0.25, -0.2) is 0 Å². The number of hydrogen-bond acceptors (Lipinski definition) is 2. The Bertz CT molecular complexity index is 1090. The first-order valence-electron chi connectivity index (χ1n) is 12.4. The van der Waals surface area contributed by atoms with Crippen LogP contribution in [0.2, 0.25) is 0 Å². The Hall–Kier alpha value is -3.30.